The number of carbonyl (C=O) groups excluding carboxylic acids is 1. The SMILES string of the molecule is COc1cccc(OC)c1C(=O)c1ccc(Cl)nc1. The van der Waals surface area contributed by atoms with Gasteiger partial charge in [0.15, 0.2) is 0 Å². The van der Waals surface area contributed by atoms with E-state index < -0.39 is 0 Å². The van der Waals surface area contributed by atoms with Crippen molar-refractivity contribution in [1.82, 2.24) is 4.98 Å². The number of hydrogen-bond acceptors (Lipinski definition) is 4. The molecule has 1 heterocycles. The van der Waals surface area contributed by atoms with Crippen molar-refractivity contribution in [1.29, 1.82) is 0 Å². The number of carbonyl (C=O) groups is 1. The Balaban J connectivity index is 2.51. The zero-order chi connectivity index (χ0) is 13.8. The van der Waals surface area contributed by atoms with Crippen LogP contribution >= 0.6 is 11.6 Å². The van der Waals surface area contributed by atoms with E-state index in [0.717, 1.165) is 0 Å². The summed E-state index contributed by atoms with van der Waals surface area (Å²) < 4.78 is 10.4. The van der Waals surface area contributed by atoms with Gasteiger partial charge >= 0.3 is 0 Å². The lowest BCUT2D eigenvalue weighted by molar-refractivity contribution is 0.103. The first-order valence-corrected chi connectivity index (χ1v) is 5.92. The first kappa shape index (κ1) is 13.4. The molecule has 0 saturated heterocycles. The van der Waals surface area contributed by atoms with Crippen LogP contribution in [-0.4, -0.2) is 25.0 Å². The molecule has 98 valence electrons. The van der Waals surface area contributed by atoms with Crippen molar-refractivity contribution in [3.8, 4) is 11.5 Å². The van der Waals surface area contributed by atoms with Gasteiger partial charge < -0.3 is 9.47 Å². The molecule has 5 heteroatoms. The number of rotatable bonds is 4. The Hall–Kier alpha value is -2.07. The second kappa shape index (κ2) is 5.71. The van der Waals surface area contributed by atoms with Crippen molar-refractivity contribution >= 4 is 17.4 Å². The number of halogens is 1. The maximum absolute atomic E-state index is 12.5. The van der Waals surface area contributed by atoms with E-state index in [9.17, 15) is 4.79 Å². The fourth-order valence-corrected chi connectivity index (χ4v) is 1.84. The van der Waals surface area contributed by atoms with Gasteiger partial charge in [-0.05, 0) is 24.3 Å². The summed E-state index contributed by atoms with van der Waals surface area (Å²) in [7, 11) is 3.01. The summed E-state index contributed by atoms with van der Waals surface area (Å²) in [6, 6.07) is 8.35. The van der Waals surface area contributed by atoms with Gasteiger partial charge in [-0.3, -0.25) is 4.79 Å². The minimum atomic E-state index is -0.224. The molecule has 19 heavy (non-hydrogen) atoms. The van der Waals surface area contributed by atoms with E-state index in [0.29, 0.717) is 27.8 Å². The smallest absolute Gasteiger partial charge is 0.202 e. The third kappa shape index (κ3) is 2.69. The normalized spacial score (nSPS) is 10.1. The van der Waals surface area contributed by atoms with Gasteiger partial charge in [0, 0.05) is 11.8 Å². The van der Waals surface area contributed by atoms with Gasteiger partial charge in [0.25, 0.3) is 0 Å². The molecule has 0 aliphatic carbocycles. The monoisotopic (exact) mass is 277 g/mol. The molecule has 0 atom stereocenters. The lowest BCUT2D eigenvalue weighted by Crippen LogP contribution is -2.06. The van der Waals surface area contributed by atoms with E-state index in [1.807, 2.05) is 0 Å². The largest absolute Gasteiger partial charge is 0.496 e. The Morgan fingerprint density at radius 2 is 1.74 bits per heavy atom. The zero-order valence-corrected chi connectivity index (χ0v) is 11.3. The summed E-state index contributed by atoms with van der Waals surface area (Å²) >= 11 is 5.71. The van der Waals surface area contributed by atoms with Gasteiger partial charge in [-0.25, -0.2) is 4.98 Å². The molecule has 1 aromatic carbocycles. The zero-order valence-electron chi connectivity index (χ0n) is 10.5. The Labute approximate surface area is 115 Å². The first-order valence-electron chi connectivity index (χ1n) is 5.54. The molecular formula is C14H12ClNO3. The lowest BCUT2D eigenvalue weighted by atomic mass is 10.0. The van der Waals surface area contributed by atoms with Crippen molar-refractivity contribution in [3.05, 3.63) is 52.8 Å². The van der Waals surface area contributed by atoms with E-state index in [2.05, 4.69) is 4.98 Å². The van der Waals surface area contributed by atoms with E-state index in [4.69, 9.17) is 21.1 Å². The summed E-state index contributed by atoms with van der Waals surface area (Å²) in [6.07, 6.45) is 1.43. The van der Waals surface area contributed by atoms with Crippen LogP contribution in [-0.2, 0) is 0 Å². The van der Waals surface area contributed by atoms with E-state index in [1.54, 1.807) is 30.3 Å². The highest BCUT2D eigenvalue weighted by Crippen LogP contribution is 2.30. The number of aromatic nitrogens is 1. The molecule has 0 aliphatic rings. The summed E-state index contributed by atoms with van der Waals surface area (Å²) in [4.78, 5) is 16.4. The Morgan fingerprint density at radius 3 is 2.21 bits per heavy atom. The maximum atomic E-state index is 12.5. The van der Waals surface area contributed by atoms with Crippen molar-refractivity contribution < 1.29 is 14.3 Å². The highest BCUT2D eigenvalue weighted by Gasteiger charge is 2.19. The fraction of sp³-hybridized carbons (Fsp3) is 0.143. The molecule has 0 spiro atoms. The number of benzene rings is 1. The molecule has 2 aromatic rings. The third-order valence-electron chi connectivity index (χ3n) is 2.64. The summed E-state index contributed by atoms with van der Waals surface area (Å²) in [6.45, 7) is 0. The van der Waals surface area contributed by atoms with Crippen LogP contribution < -0.4 is 9.47 Å². The first-order chi connectivity index (χ1) is 9.17. The number of nitrogens with zero attached hydrogens (tertiary/aromatic N) is 1. The van der Waals surface area contributed by atoms with Crippen LogP contribution in [0.2, 0.25) is 5.15 Å². The number of ketones is 1. The number of hydrogen-bond donors (Lipinski definition) is 0. The molecule has 0 fully saturated rings. The van der Waals surface area contributed by atoms with Crippen LogP contribution in [0.4, 0.5) is 0 Å². The maximum Gasteiger partial charge on any atom is 0.202 e. The molecule has 2 rings (SSSR count). The van der Waals surface area contributed by atoms with Crippen LogP contribution in [0.15, 0.2) is 36.5 Å². The molecular weight excluding hydrogens is 266 g/mol. The van der Waals surface area contributed by atoms with Crippen LogP contribution in [0.3, 0.4) is 0 Å². The molecule has 4 nitrogen and oxygen atoms in total. The molecule has 0 saturated carbocycles. The molecule has 0 unspecified atom stereocenters. The molecule has 0 amide bonds. The van der Waals surface area contributed by atoms with Gasteiger partial charge in [-0.2, -0.15) is 0 Å². The van der Waals surface area contributed by atoms with Crippen molar-refractivity contribution in [2.75, 3.05) is 14.2 Å². The van der Waals surface area contributed by atoms with Gasteiger partial charge in [0.2, 0.25) is 5.78 Å². The van der Waals surface area contributed by atoms with Crippen LogP contribution in [0, 0.1) is 0 Å². The topological polar surface area (TPSA) is 48.4 Å². The number of pyridine rings is 1. The minimum Gasteiger partial charge on any atom is -0.496 e. The molecule has 0 radical (unpaired) electrons. The molecule has 1 aromatic heterocycles. The fourth-order valence-electron chi connectivity index (χ4n) is 1.73. The Kier molecular flexibility index (Phi) is 4.02. The van der Waals surface area contributed by atoms with Gasteiger partial charge in [-0.1, -0.05) is 17.7 Å². The van der Waals surface area contributed by atoms with Crippen LogP contribution in [0.1, 0.15) is 15.9 Å². The van der Waals surface area contributed by atoms with Crippen LogP contribution in [0.5, 0.6) is 11.5 Å². The highest BCUT2D eigenvalue weighted by atomic mass is 35.5. The van der Waals surface area contributed by atoms with Crippen molar-refractivity contribution in [2.45, 2.75) is 0 Å². The molecule has 0 aliphatic heterocycles. The Morgan fingerprint density at radius 1 is 1.11 bits per heavy atom. The average molecular weight is 278 g/mol. The minimum absolute atomic E-state index is 0.224. The molecule has 0 N–H and O–H groups in total. The third-order valence-corrected chi connectivity index (χ3v) is 2.87. The average Bonchev–Trinajstić information content (AvgIpc) is 2.46. The van der Waals surface area contributed by atoms with Gasteiger partial charge in [-0.15, -0.1) is 0 Å². The molecule has 0 bridgehead atoms. The standard InChI is InChI=1S/C14H12ClNO3/c1-18-10-4-3-5-11(19-2)13(10)14(17)9-6-7-12(15)16-8-9/h3-8H,1-2H3. The van der Waals surface area contributed by atoms with Crippen molar-refractivity contribution in [2.24, 2.45) is 0 Å². The lowest BCUT2D eigenvalue weighted by Gasteiger charge is -2.11. The van der Waals surface area contributed by atoms with Crippen LogP contribution in [0.25, 0.3) is 0 Å². The predicted molar refractivity (Wildman–Crippen MR) is 72.2 cm³/mol. The Bertz CT molecular complexity index is 574. The van der Waals surface area contributed by atoms with E-state index >= 15 is 0 Å². The second-order valence-electron chi connectivity index (χ2n) is 3.74. The van der Waals surface area contributed by atoms with E-state index in [1.165, 1.54) is 20.4 Å². The van der Waals surface area contributed by atoms with Gasteiger partial charge in [0.05, 0.1) is 14.2 Å². The highest BCUT2D eigenvalue weighted by molar-refractivity contribution is 6.29. The summed E-state index contributed by atoms with van der Waals surface area (Å²) in [5, 5.41) is 0.337. The summed E-state index contributed by atoms with van der Waals surface area (Å²) in [5.41, 5.74) is 0.795. The summed E-state index contributed by atoms with van der Waals surface area (Å²) in [5.74, 6) is 0.692. The number of methoxy groups -OCH3 is 2. The van der Waals surface area contributed by atoms with E-state index in [-0.39, 0.29) is 5.78 Å². The van der Waals surface area contributed by atoms with Crippen molar-refractivity contribution in [3.63, 3.8) is 0 Å². The second-order valence-corrected chi connectivity index (χ2v) is 4.12. The number of ether oxygens (including phenoxy) is 2. The predicted octanol–water partition coefficient (Wildman–Crippen LogP) is 2.98. The van der Waals surface area contributed by atoms with Gasteiger partial charge in [0.1, 0.15) is 22.2 Å². The quantitative estimate of drug-likeness (QED) is 0.637.